The minimum absolute atomic E-state index is 0.163. The molecule has 0 spiro atoms. The van der Waals surface area contributed by atoms with Crippen molar-refractivity contribution in [1.29, 1.82) is 0 Å². The standard InChI is InChI=1S/C18H17N3O4/c1-24-14-6-4-13(5-7-14)11-19-17(22)12-21-18(23)9-8-15(20-21)16-3-2-10-25-16/h2-10H,11-12H2,1H3,(H,19,22). The normalized spacial score (nSPS) is 10.4. The Morgan fingerprint density at radius 2 is 2.00 bits per heavy atom. The first-order chi connectivity index (χ1) is 12.2. The lowest BCUT2D eigenvalue weighted by atomic mass is 10.2. The zero-order valence-corrected chi connectivity index (χ0v) is 13.6. The minimum atomic E-state index is -0.352. The zero-order chi connectivity index (χ0) is 17.6. The third-order valence-corrected chi connectivity index (χ3v) is 3.58. The number of amides is 1. The second kappa shape index (κ2) is 7.48. The quantitative estimate of drug-likeness (QED) is 0.740. The van der Waals surface area contributed by atoms with Crippen molar-refractivity contribution < 1.29 is 13.9 Å². The molecule has 0 unspecified atom stereocenters. The molecule has 0 saturated carbocycles. The van der Waals surface area contributed by atoms with Crippen molar-refractivity contribution in [3.05, 3.63) is 70.7 Å². The molecule has 3 aromatic rings. The van der Waals surface area contributed by atoms with Crippen LogP contribution in [0, 0.1) is 0 Å². The van der Waals surface area contributed by atoms with E-state index in [4.69, 9.17) is 9.15 Å². The Morgan fingerprint density at radius 3 is 2.68 bits per heavy atom. The van der Waals surface area contributed by atoms with Crippen molar-refractivity contribution in [2.75, 3.05) is 7.11 Å². The molecule has 0 radical (unpaired) electrons. The maximum absolute atomic E-state index is 12.1. The van der Waals surface area contributed by atoms with Gasteiger partial charge in [0.25, 0.3) is 5.56 Å². The van der Waals surface area contributed by atoms with E-state index in [1.165, 1.54) is 12.3 Å². The molecular formula is C18H17N3O4. The van der Waals surface area contributed by atoms with Gasteiger partial charge < -0.3 is 14.5 Å². The van der Waals surface area contributed by atoms with Gasteiger partial charge in [0, 0.05) is 12.6 Å². The van der Waals surface area contributed by atoms with E-state index in [2.05, 4.69) is 10.4 Å². The summed E-state index contributed by atoms with van der Waals surface area (Å²) in [6.07, 6.45) is 1.52. The summed E-state index contributed by atoms with van der Waals surface area (Å²) in [6, 6.07) is 13.8. The lowest BCUT2D eigenvalue weighted by Crippen LogP contribution is -2.33. The summed E-state index contributed by atoms with van der Waals surface area (Å²) < 4.78 is 11.5. The van der Waals surface area contributed by atoms with E-state index in [-0.39, 0.29) is 18.0 Å². The minimum Gasteiger partial charge on any atom is -0.497 e. The molecule has 1 amide bonds. The van der Waals surface area contributed by atoms with Crippen LogP contribution in [0.1, 0.15) is 5.56 Å². The molecule has 1 aromatic carbocycles. The highest BCUT2D eigenvalue weighted by atomic mass is 16.5. The van der Waals surface area contributed by atoms with Crippen LogP contribution in [-0.2, 0) is 17.9 Å². The monoisotopic (exact) mass is 339 g/mol. The second-order valence-electron chi connectivity index (χ2n) is 5.32. The molecule has 0 fully saturated rings. The van der Waals surface area contributed by atoms with Gasteiger partial charge in [0.05, 0.1) is 13.4 Å². The number of hydrogen-bond donors (Lipinski definition) is 1. The summed E-state index contributed by atoms with van der Waals surface area (Å²) in [5.74, 6) is 0.981. The number of furan rings is 1. The number of rotatable bonds is 6. The maximum Gasteiger partial charge on any atom is 0.267 e. The third-order valence-electron chi connectivity index (χ3n) is 3.58. The highest BCUT2D eigenvalue weighted by molar-refractivity contribution is 5.75. The number of methoxy groups -OCH3 is 1. The van der Waals surface area contributed by atoms with Crippen LogP contribution in [0.25, 0.3) is 11.5 Å². The highest BCUT2D eigenvalue weighted by Crippen LogP contribution is 2.15. The molecule has 2 heterocycles. The molecule has 3 rings (SSSR count). The number of carbonyl (C=O) groups is 1. The van der Waals surface area contributed by atoms with E-state index in [1.54, 1.807) is 25.3 Å². The van der Waals surface area contributed by atoms with Crippen molar-refractivity contribution in [2.45, 2.75) is 13.1 Å². The van der Waals surface area contributed by atoms with Crippen LogP contribution >= 0.6 is 0 Å². The summed E-state index contributed by atoms with van der Waals surface area (Å²) in [5.41, 5.74) is 1.07. The van der Waals surface area contributed by atoms with Gasteiger partial charge in [-0.25, -0.2) is 4.68 Å². The van der Waals surface area contributed by atoms with Gasteiger partial charge in [0.15, 0.2) is 5.76 Å². The van der Waals surface area contributed by atoms with Gasteiger partial charge in [0.2, 0.25) is 5.91 Å². The van der Waals surface area contributed by atoms with Crippen LogP contribution in [0.15, 0.2) is 64.0 Å². The average molecular weight is 339 g/mol. The Morgan fingerprint density at radius 1 is 1.20 bits per heavy atom. The summed E-state index contributed by atoms with van der Waals surface area (Å²) in [7, 11) is 1.60. The Balaban J connectivity index is 1.64. The number of carbonyl (C=O) groups excluding carboxylic acids is 1. The molecule has 0 aliphatic carbocycles. The molecule has 0 saturated heterocycles. The molecule has 2 aromatic heterocycles. The van der Waals surface area contributed by atoms with E-state index >= 15 is 0 Å². The van der Waals surface area contributed by atoms with Gasteiger partial charge in [-0.3, -0.25) is 9.59 Å². The number of nitrogens with zero attached hydrogens (tertiary/aromatic N) is 2. The van der Waals surface area contributed by atoms with E-state index in [1.807, 2.05) is 24.3 Å². The third kappa shape index (κ3) is 4.14. The molecular weight excluding hydrogens is 322 g/mol. The molecule has 7 heteroatoms. The van der Waals surface area contributed by atoms with Crippen molar-refractivity contribution in [2.24, 2.45) is 0 Å². The van der Waals surface area contributed by atoms with E-state index in [0.29, 0.717) is 18.0 Å². The number of nitrogens with one attached hydrogen (secondary N) is 1. The summed E-state index contributed by atoms with van der Waals surface area (Å²) in [6.45, 7) is 0.193. The van der Waals surface area contributed by atoms with Crippen molar-refractivity contribution in [1.82, 2.24) is 15.1 Å². The first-order valence-corrected chi connectivity index (χ1v) is 7.67. The zero-order valence-electron chi connectivity index (χ0n) is 13.6. The Hall–Kier alpha value is -3.35. The summed E-state index contributed by atoms with van der Waals surface area (Å²) in [4.78, 5) is 24.0. The fourth-order valence-electron chi connectivity index (χ4n) is 2.25. The molecule has 7 nitrogen and oxygen atoms in total. The lowest BCUT2D eigenvalue weighted by Gasteiger charge is -2.08. The molecule has 128 valence electrons. The van der Waals surface area contributed by atoms with Gasteiger partial charge in [-0.2, -0.15) is 5.10 Å². The van der Waals surface area contributed by atoms with Gasteiger partial charge in [0.1, 0.15) is 18.0 Å². The van der Waals surface area contributed by atoms with Crippen LogP contribution in [0.5, 0.6) is 5.75 Å². The van der Waals surface area contributed by atoms with Crippen LogP contribution in [0.3, 0.4) is 0 Å². The topological polar surface area (TPSA) is 86.4 Å². The fourth-order valence-corrected chi connectivity index (χ4v) is 2.25. The molecule has 0 aliphatic rings. The Kier molecular flexibility index (Phi) is 4.94. The van der Waals surface area contributed by atoms with Crippen LogP contribution in [0.4, 0.5) is 0 Å². The fraction of sp³-hybridized carbons (Fsp3) is 0.167. The molecule has 25 heavy (non-hydrogen) atoms. The molecule has 0 bridgehead atoms. The molecule has 0 aliphatic heterocycles. The van der Waals surface area contributed by atoms with E-state index in [9.17, 15) is 9.59 Å². The molecule has 0 atom stereocenters. The van der Waals surface area contributed by atoms with Crippen LogP contribution in [0.2, 0.25) is 0 Å². The average Bonchev–Trinajstić information content (AvgIpc) is 3.17. The largest absolute Gasteiger partial charge is 0.497 e. The Bertz CT molecular complexity index is 899. The smallest absolute Gasteiger partial charge is 0.267 e. The summed E-state index contributed by atoms with van der Waals surface area (Å²) in [5, 5.41) is 6.93. The van der Waals surface area contributed by atoms with Crippen molar-refractivity contribution >= 4 is 5.91 Å². The van der Waals surface area contributed by atoms with Crippen molar-refractivity contribution in [3.63, 3.8) is 0 Å². The maximum atomic E-state index is 12.1. The van der Waals surface area contributed by atoms with Crippen LogP contribution < -0.4 is 15.6 Å². The number of ether oxygens (including phenoxy) is 1. The van der Waals surface area contributed by atoms with Gasteiger partial charge in [-0.15, -0.1) is 0 Å². The SMILES string of the molecule is COc1ccc(CNC(=O)Cn2nc(-c3ccco3)ccc2=O)cc1. The van der Waals surface area contributed by atoms with E-state index in [0.717, 1.165) is 16.0 Å². The van der Waals surface area contributed by atoms with Crippen LogP contribution in [-0.4, -0.2) is 22.8 Å². The predicted octanol–water partition coefficient (Wildman–Crippen LogP) is 1.83. The molecule has 1 N–H and O–H groups in total. The lowest BCUT2D eigenvalue weighted by molar-refractivity contribution is -0.122. The Labute approximate surface area is 143 Å². The first kappa shape index (κ1) is 16.5. The highest BCUT2D eigenvalue weighted by Gasteiger charge is 2.09. The second-order valence-corrected chi connectivity index (χ2v) is 5.32. The predicted molar refractivity (Wildman–Crippen MR) is 91.0 cm³/mol. The van der Waals surface area contributed by atoms with Gasteiger partial charge >= 0.3 is 0 Å². The van der Waals surface area contributed by atoms with Crippen molar-refractivity contribution in [3.8, 4) is 17.2 Å². The van der Waals surface area contributed by atoms with Gasteiger partial charge in [-0.05, 0) is 35.9 Å². The number of benzene rings is 1. The number of aromatic nitrogens is 2. The number of hydrogen-bond acceptors (Lipinski definition) is 5. The first-order valence-electron chi connectivity index (χ1n) is 7.67. The summed E-state index contributed by atoms with van der Waals surface area (Å²) >= 11 is 0. The van der Waals surface area contributed by atoms with Gasteiger partial charge in [-0.1, -0.05) is 12.1 Å². The van der Waals surface area contributed by atoms with E-state index < -0.39 is 0 Å².